The van der Waals surface area contributed by atoms with Gasteiger partial charge in [-0.25, -0.2) is 0 Å². The number of carboxylic acid groups (broad SMARTS) is 1. The monoisotopic (exact) mass is 205 g/mol. The van der Waals surface area contributed by atoms with E-state index in [9.17, 15) is 4.79 Å². The van der Waals surface area contributed by atoms with Crippen LogP contribution in [0.3, 0.4) is 0 Å². The lowest BCUT2D eigenvalue weighted by molar-refractivity contribution is -0.140. The quantitative estimate of drug-likeness (QED) is 0.781. The molecule has 0 radical (unpaired) electrons. The number of carboxylic acids is 1. The van der Waals surface area contributed by atoms with E-state index in [0.717, 1.165) is 12.8 Å². The Morgan fingerprint density at radius 2 is 2.13 bits per heavy atom. The van der Waals surface area contributed by atoms with Crippen molar-refractivity contribution < 1.29 is 9.90 Å². The zero-order valence-corrected chi connectivity index (χ0v) is 8.52. The second-order valence-electron chi connectivity index (χ2n) is 4.27. The molecule has 15 heavy (non-hydrogen) atoms. The number of carbonyl (C=O) groups is 1. The highest BCUT2D eigenvalue weighted by Crippen LogP contribution is 2.44. The summed E-state index contributed by atoms with van der Waals surface area (Å²) < 4.78 is 0. The molecule has 3 N–H and O–H groups in total. The highest BCUT2D eigenvalue weighted by molar-refractivity contribution is 5.82. The summed E-state index contributed by atoms with van der Waals surface area (Å²) in [4.78, 5) is 10.8. The molecule has 0 aromatic heterocycles. The van der Waals surface area contributed by atoms with E-state index in [-0.39, 0.29) is 5.92 Å². The van der Waals surface area contributed by atoms with Gasteiger partial charge in [0.1, 0.15) is 5.54 Å². The minimum Gasteiger partial charge on any atom is -0.480 e. The fourth-order valence-corrected chi connectivity index (χ4v) is 1.96. The predicted octanol–water partition coefficient (Wildman–Crippen LogP) is 1.42. The summed E-state index contributed by atoms with van der Waals surface area (Å²) in [5.74, 6) is -0.712. The van der Waals surface area contributed by atoms with Crippen LogP contribution in [0.1, 0.15) is 18.4 Å². The molecule has 2 rings (SSSR count). The van der Waals surface area contributed by atoms with E-state index in [1.165, 1.54) is 5.56 Å². The van der Waals surface area contributed by atoms with Crippen molar-refractivity contribution in [2.75, 3.05) is 0 Å². The van der Waals surface area contributed by atoms with E-state index >= 15 is 0 Å². The molecule has 0 amide bonds. The van der Waals surface area contributed by atoms with Crippen molar-refractivity contribution in [3.05, 3.63) is 35.9 Å². The molecule has 0 bridgehead atoms. The van der Waals surface area contributed by atoms with Crippen molar-refractivity contribution in [2.45, 2.75) is 24.8 Å². The van der Waals surface area contributed by atoms with Crippen LogP contribution in [0.4, 0.5) is 0 Å². The highest BCUT2D eigenvalue weighted by atomic mass is 16.4. The molecule has 1 aliphatic rings. The predicted molar refractivity (Wildman–Crippen MR) is 57.4 cm³/mol. The van der Waals surface area contributed by atoms with Gasteiger partial charge in [0.2, 0.25) is 0 Å². The van der Waals surface area contributed by atoms with Crippen LogP contribution in [0.15, 0.2) is 30.3 Å². The molecule has 0 heterocycles. The van der Waals surface area contributed by atoms with Gasteiger partial charge in [-0.05, 0) is 30.7 Å². The van der Waals surface area contributed by atoms with Gasteiger partial charge in [-0.3, -0.25) is 4.79 Å². The normalized spacial score (nSPS) is 28.7. The zero-order chi connectivity index (χ0) is 10.9. The molecule has 0 spiro atoms. The Kier molecular flexibility index (Phi) is 2.49. The van der Waals surface area contributed by atoms with Crippen molar-refractivity contribution >= 4 is 5.97 Å². The number of aliphatic carboxylic acids is 1. The molecule has 80 valence electrons. The van der Waals surface area contributed by atoms with Crippen molar-refractivity contribution in [1.29, 1.82) is 0 Å². The summed E-state index contributed by atoms with van der Waals surface area (Å²) in [6.07, 6.45) is 2.40. The second kappa shape index (κ2) is 3.66. The molecule has 0 saturated heterocycles. The molecular formula is C12H15NO2. The van der Waals surface area contributed by atoms with Crippen LogP contribution in [-0.4, -0.2) is 16.6 Å². The molecule has 3 heteroatoms. The molecule has 0 unspecified atom stereocenters. The molecule has 3 nitrogen and oxygen atoms in total. The van der Waals surface area contributed by atoms with Crippen LogP contribution in [0.2, 0.25) is 0 Å². The lowest BCUT2D eigenvalue weighted by Gasteiger charge is -2.05. The fraction of sp³-hybridized carbons (Fsp3) is 0.417. The van der Waals surface area contributed by atoms with Gasteiger partial charge in [-0.15, -0.1) is 0 Å². The third kappa shape index (κ3) is 2.02. The van der Waals surface area contributed by atoms with Crippen LogP contribution in [-0.2, 0) is 11.2 Å². The molecule has 2 atom stereocenters. The average molecular weight is 205 g/mol. The van der Waals surface area contributed by atoms with E-state index in [4.69, 9.17) is 10.8 Å². The summed E-state index contributed by atoms with van der Waals surface area (Å²) in [6, 6.07) is 10.1. The number of hydrogen-bond acceptors (Lipinski definition) is 2. The molecular weight excluding hydrogens is 190 g/mol. The van der Waals surface area contributed by atoms with Gasteiger partial charge in [0.05, 0.1) is 0 Å². The first-order valence-electron chi connectivity index (χ1n) is 5.19. The van der Waals surface area contributed by atoms with Gasteiger partial charge < -0.3 is 10.8 Å². The Bertz CT molecular complexity index is 363. The Labute approximate surface area is 88.9 Å². The van der Waals surface area contributed by atoms with Gasteiger partial charge >= 0.3 is 5.97 Å². The zero-order valence-electron chi connectivity index (χ0n) is 8.52. The van der Waals surface area contributed by atoms with E-state index in [0.29, 0.717) is 6.42 Å². The Morgan fingerprint density at radius 1 is 1.47 bits per heavy atom. The third-order valence-electron chi connectivity index (χ3n) is 3.18. The van der Waals surface area contributed by atoms with E-state index < -0.39 is 11.5 Å². The summed E-state index contributed by atoms with van der Waals surface area (Å²) in [7, 11) is 0. The lowest BCUT2D eigenvalue weighted by Crippen LogP contribution is -2.35. The Morgan fingerprint density at radius 3 is 2.67 bits per heavy atom. The summed E-state index contributed by atoms with van der Waals surface area (Å²) in [6.45, 7) is 0. The van der Waals surface area contributed by atoms with Gasteiger partial charge in [0, 0.05) is 0 Å². The van der Waals surface area contributed by atoms with Crippen LogP contribution < -0.4 is 5.73 Å². The van der Waals surface area contributed by atoms with Gasteiger partial charge in [-0.1, -0.05) is 30.3 Å². The Hall–Kier alpha value is -1.35. The maximum Gasteiger partial charge on any atom is 0.323 e. The van der Waals surface area contributed by atoms with Gasteiger partial charge in [0.25, 0.3) is 0 Å². The van der Waals surface area contributed by atoms with Crippen LogP contribution in [0.5, 0.6) is 0 Å². The van der Waals surface area contributed by atoms with Crippen molar-refractivity contribution in [2.24, 2.45) is 11.7 Å². The summed E-state index contributed by atoms with van der Waals surface area (Å²) in [5.41, 5.74) is 6.01. The molecule has 1 aromatic rings. The fourth-order valence-electron chi connectivity index (χ4n) is 1.96. The minimum absolute atomic E-state index is 0.148. The van der Waals surface area contributed by atoms with Crippen molar-refractivity contribution in [3.8, 4) is 0 Å². The smallest absolute Gasteiger partial charge is 0.323 e. The Balaban J connectivity index is 1.85. The van der Waals surface area contributed by atoms with Gasteiger partial charge in [0.15, 0.2) is 0 Å². The maximum absolute atomic E-state index is 10.8. The van der Waals surface area contributed by atoms with Crippen LogP contribution in [0.25, 0.3) is 0 Å². The summed E-state index contributed by atoms with van der Waals surface area (Å²) >= 11 is 0. The number of aryl methyl sites for hydroxylation is 1. The topological polar surface area (TPSA) is 63.3 Å². The minimum atomic E-state index is -0.936. The molecule has 1 fully saturated rings. The molecule has 1 aliphatic carbocycles. The standard InChI is InChI=1S/C12H15NO2/c13-12(11(14)15)8-10(12)7-6-9-4-2-1-3-5-9/h1-5,10H,6-8,13H2,(H,14,15)/t10-,12+/m1/s1. The van der Waals surface area contributed by atoms with Crippen molar-refractivity contribution in [1.82, 2.24) is 0 Å². The van der Waals surface area contributed by atoms with E-state index in [1.54, 1.807) is 0 Å². The molecule has 0 aliphatic heterocycles. The van der Waals surface area contributed by atoms with Crippen molar-refractivity contribution in [3.63, 3.8) is 0 Å². The lowest BCUT2D eigenvalue weighted by atomic mass is 10.1. The third-order valence-corrected chi connectivity index (χ3v) is 3.18. The highest BCUT2D eigenvalue weighted by Gasteiger charge is 2.56. The number of nitrogens with two attached hydrogens (primary N) is 1. The van der Waals surface area contributed by atoms with Crippen LogP contribution >= 0.6 is 0 Å². The average Bonchev–Trinajstić information content (AvgIpc) is 2.90. The number of hydrogen-bond donors (Lipinski definition) is 2. The second-order valence-corrected chi connectivity index (χ2v) is 4.27. The van der Waals surface area contributed by atoms with E-state index in [2.05, 4.69) is 12.1 Å². The SMILES string of the molecule is N[C@@]1(C(=O)O)C[C@H]1CCc1ccccc1. The number of benzene rings is 1. The molecule has 1 saturated carbocycles. The van der Waals surface area contributed by atoms with E-state index in [1.807, 2.05) is 18.2 Å². The number of rotatable bonds is 4. The van der Waals surface area contributed by atoms with Crippen LogP contribution in [0, 0.1) is 5.92 Å². The molecule has 1 aromatic carbocycles. The van der Waals surface area contributed by atoms with Gasteiger partial charge in [-0.2, -0.15) is 0 Å². The first kappa shape index (κ1) is 10.2. The first-order chi connectivity index (χ1) is 7.13. The largest absolute Gasteiger partial charge is 0.480 e. The summed E-state index contributed by atoms with van der Waals surface area (Å²) in [5, 5.41) is 8.86. The first-order valence-corrected chi connectivity index (χ1v) is 5.19. The maximum atomic E-state index is 10.8.